The number of hydrogen-bond acceptors (Lipinski definition) is 4. The largest absolute Gasteiger partial charge is 0.365 e. The minimum atomic E-state index is -0.687. The van der Waals surface area contributed by atoms with Crippen LogP contribution in [0.1, 0.15) is 15.9 Å². The number of fused-ring (bicyclic) bond motifs is 1. The van der Waals surface area contributed by atoms with Gasteiger partial charge in [-0.3, -0.25) is 9.59 Å². The molecule has 0 unspecified atom stereocenters. The lowest BCUT2D eigenvalue weighted by atomic mass is 10.0. The lowest BCUT2D eigenvalue weighted by Gasteiger charge is -2.08. The van der Waals surface area contributed by atoms with Gasteiger partial charge in [0.05, 0.1) is 17.2 Å². The molecule has 0 fully saturated rings. The molecule has 24 heavy (non-hydrogen) atoms. The van der Waals surface area contributed by atoms with Gasteiger partial charge in [-0.05, 0) is 29.3 Å². The Balaban J connectivity index is 2.20. The summed E-state index contributed by atoms with van der Waals surface area (Å²) in [6, 6.07) is 14.6. The number of H-pyrrole nitrogens is 1. The molecule has 7 heteroatoms. The van der Waals surface area contributed by atoms with Crippen LogP contribution in [0.25, 0.3) is 22.0 Å². The number of carbonyl (C=O) groups excluding carboxylic acids is 2. The van der Waals surface area contributed by atoms with E-state index in [2.05, 4.69) is 11.1 Å². The molecule has 2 amide bonds. The molecule has 2 aromatic carbocycles. The highest BCUT2D eigenvalue weighted by Gasteiger charge is 2.19. The molecule has 0 radical (unpaired) electrons. The van der Waals surface area contributed by atoms with Gasteiger partial charge in [-0.1, -0.05) is 24.3 Å². The Labute approximate surface area is 137 Å². The van der Waals surface area contributed by atoms with Crippen LogP contribution in [0.3, 0.4) is 0 Å². The lowest BCUT2D eigenvalue weighted by molar-refractivity contribution is -0.107. The van der Waals surface area contributed by atoms with Gasteiger partial charge in [-0.25, -0.2) is 10.9 Å². The minimum Gasteiger partial charge on any atom is -0.365 e. The van der Waals surface area contributed by atoms with E-state index in [0.29, 0.717) is 22.9 Å². The first kappa shape index (κ1) is 15.3. The van der Waals surface area contributed by atoms with Gasteiger partial charge in [0.1, 0.15) is 5.82 Å². The normalized spacial score (nSPS) is 10.3. The number of hydrogen-bond donors (Lipinski definition) is 3. The van der Waals surface area contributed by atoms with Gasteiger partial charge in [0.15, 0.2) is 0 Å². The second-order valence-electron chi connectivity index (χ2n) is 5.18. The van der Waals surface area contributed by atoms with E-state index in [0.717, 1.165) is 16.1 Å². The van der Waals surface area contributed by atoms with Crippen LogP contribution >= 0.6 is 0 Å². The van der Waals surface area contributed by atoms with Crippen molar-refractivity contribution in [2.24, 2.45) is 11.6 Å². The lowest BCUT2D eigenvalue weighted by Crippen LogP contribution is -2.31. The van der Waals surface area contributed by atoms with Crippen LogP contribution in [-0.4, -0.2) is 17.3 Å². The molecule has 5 N–H and O–H groups in total. The first-order chi connectivity index (χ1) is 11.5. The fourth-order valence-electron chi connectivity index (χ4n) is 2.63. The number of rotatable bonds is 4. The molecule has 118 valence electrons. The topological polar surface area (TPSA) is 129 Å². The Bertz CT molecular complexity index is 1000. The average molecular weight is 319 g/mol. The summed E-state index contributed by atoms with van der Waals surface area (Å²) in [5.74, 6) is 5.02. The molecule has 0 aliphatic heterocycles. The molecule has 1 aromatic heterocycles. The van der Waals surface area contributed by atoms with Gasteiger partial charge < -0.3 is 10.7 Å². The maximum absolute atomic E-state index is 11.7. The molecule has 0 saturated heterocycles. The number of nitriles is 1. The van der Waals surface area contributed by atoms with Crippen LogP contribution < -0.4 is 16.6 Å². The summed E-state index contributed by atoms with van der Waals surface area (Å²) in [4.78, 5) is 25.6. The van der Waals surface area contributed by atoms with Gasteiger partial charge in [0.25, 0.3) is 5.91 Å². The highest BCUT2D eigenvalue weighted by molar-refractivity contribution is 6.12. The summed E-state index contributed by atoms with van der Waals surface area (Å²) in [6.45, 7) is 0. The van der Waals surface area contributed by atoms with Crippen molar-refractivity contribution < 1.29 is 9.59 Å². The van der Waals surface area contributed by atoms with E-state index in [9.17, 15) is 9.59 Å². The van der Waals surface area contributed by atoms with Crippen molar-refractivity contribution in [3.63, 3.8) is 0 Å². The van der Waals surface area contributed by atoms with E-state index in [-0.39, 0.29) is 11.4 Å². The summed E-state index contributed by atoms with van der Waals surface area (Å²) in [5, 5.41) is 10.3. The van der Waals surface area contributed by atoms with Crippen molar-refractivity contribution in [1.29, 1.82) is 5.26 Å². The van der Waals surface area contributed by atoms with Crippen molar-refractivity contribution >= 4 is 29.0 Å². The van der Waals surface area contributed by atoms with Crippen molar-refractivity contribution in [3.8, 4) is 17.2 Å². The highest BCUT2D eigenvalue weighted by atomic mass is 16.1. The Hall–Kier alpha value is -3.63. The zero-order valence-electron chi connectivity index (χ0n) is 12.5. The standard InChI is InChI=1S/C17H13N5O2/c18-8-10-2-1-3-11(6-10)12-4-5-13-14(7-12)21-17(22(20)9-23)15(13)16(19)24/h1-7,9,21H,20H2,(H2,19,24). The third-order valence-corrected chi connectivity index (χ3v) is 3.72. The number of nitrogens with two attached hydrogens (primary N) is 2. The number of primary amides is 1. The third kappa shape index (κ3) is 2.47. The molecule has 1 heterocycles. The van der Waals surface area contributed by atoms with Gasteiger partial charge in [-0.2, -0.15) is 5.26 Å². The van der Waals surface area contributed by atoms with Gasteiger partial charge >= 0.3 is 0 Å². The third-order valence-electron chi connectivity index (χ3n) is 3.72. The second kappa shape index (κ2) is 5.87. The summed E-state index contributed by atoms with van der Waals surface area (Å²) < 4.78 is 0. The SMILES string of the molecule is N#Cc1cccc(-c2ccc3c(C(N)=O)c(N(N)C=O)[nH]c3c2)c1. The maximum atomic E-state index is 11.7. The Morgan fingerprint density at radius 1 is 1.21 bits per heavy atom. The van der Waals surface area contributed by atoms with E-state index in [1.165, 1.54) is 0 Å². The van der Waals surface area contributed by atoms with Crippen molar-refractivity contribution in [3.05, 3.63) is 53.6 Å². The molecule has 0 aliphatic carbocycles. The van der Waals surface area contributed by atoms with E-state index in [4.69, 9.17) is 16.8 Å². The molecular formula is C17H13N5O2. The predicted molar refractivity (Wildman–Crippen MR) is 89.7 cm³/mol. The number of amides is 2. The van der Waals surface area contributed by atoms with Crippen molar-refractivity contribution in [1.82, 2.24) is 4.98 Å². The summed E-state index contributed by atoms with van der Waals surface area (Å²) in [5.41, 5.74) is 8.42. The van der Waals surface area contributed by atoms with E-state index in [1.54, 1.807) is 30.3 Å². The van der Waals surface area contributed by atoms with Crippen molar-refractivity contribution in [2.75, 3.05) is 5.01 Å². The maximum Gasteiger partial charge on any atom is 0.253 e. The summed E-state index contributed by atoms with van der Waals surface area (Å²) in [7, 11) is 0. The summed E-state index contributed by atoms with van der Waals surface area (Å²) in [6.07, 6.45) is 0.383. The quantitative estimate of drug-likeness (QED) is 0.292. The zero-order chi connectivity index (χ0) is 17.3. The molecule has 0 spiro atoms. The zero-order valence-corrected chi connectivity index (χ0v) is 12.5. The van der Waals surface area contributed by atoms with Gasteiger partial charge in [0.2, 0.25) is 6.41 Å². The molecule has 0 atom stereocenters. The predicted octanol–water partition coefficient (Wildman–Crippen LogP) is 1.64. The molecule has 3 aromatic rings. The number of nitrogens with one attached hydrogen (secondary N) is 1. The molecular weight excluding hydrogens is 306 g/mol. The molecule has 0 bridgehead atoms. The van der Waals surface area contributed by atoms with Crippen LogP contribution in [0.5, 0.6) is 0 Å². The number of benzene rings is 2. The van der Waals surface area contributed by atoms with Crippen LogP contribution in [0.15, 0.2) is 42.5 Å². The van der Waals surface area contributed by atoms with Gasteiger partial charge in [-0.15, -0.1) is 0 Å². The number of aromatic nitrogens is 1. The first-order valence-corrected chi connectivity index (χ1v) is 7.00. The van der Waals surface area contributed by atoms with Crippen LogP contribution in [-0.2, 0) is 4.79 Å². The van der Waals surface area contributed by atoms with Gasteiger partial charge in [0, 0.05) is 10.9 Å². The van der Waals surface area contributed by atoms with Crippen LogP contribution in [0.4, 0.5) is 5.82 Å². The monoisotopic (exact) mass is 319 g/mol. The van der Waals surface area contributed by atoms with E-state index < -0.39 is 5.91 Å². The number of carbonyl (C=O) groups is 2. The molecule has 3 rings (SSSR count). The highest BCUT2D eigenvalue weighted by Crippen LogP contribution is 2.31. The van der Waals surface area contributed by atoms with E-state index in [1.807, 2.05) is 12.1 Å². The first-order valence-electron chi connectivity index (χ1n) is 7.00. The Morgan fingerprint density at radius 2 is 1.96 bits per heavy atom. The van der Waals surface area contributed by atoms with Crippen LogP contribution in [0.2, 0.25) is 0 Å². The second-order valence-corrected chi connectivity index (χ2v) is 5.18. The molecule has 0 aliphatic rings. The minimum absolute atomic E-state index is 0.135. The summed E-state index contributed by atoms with van der Waals surface area (Å²) >= 11 is 0. The fourth-order valence-corrected chi connectivity index (χ4v) is 2.63. The molecule has 7 nitrogen and oxygen atoms in total. The smallest absolute Gasteiger partial charge is 0.253 e. The molecule has 0 saturated carbocycles. The number of hydrazine groups is 1. The fraction of sp³-hybridized carbons (Fsp3) is 0. The number of anilines is 1. The van der Waals surface area contributed by atoms with Crippen molar-refractivity contribution in [2.45, 2.75) is 0 Å². The van der Waals surface area contributed by atoms with E-state index >= 15 is 0 Å². The Morgan fingerprint density at radius 3 is 2.62 bits per heavy atom. The Kier molecular flexibility index (Phi) is 3.74. The number of nitrogens with zero attached hydrogens (tertiary/aromatic N) is 2. The average Bonchev–Trinajstić information content (AvgIpc) is 2.99. The number of aromatic amines is 1. The van der Waals surface area contributed by atoms with Crippen LogP contribution in [0, 0.1) is 11.3 Å².